The molecule has 0 spiro atoms. The summed E-state index contributed by atoms with van der Waals surface area (Å²) < 4.78 is 1.11. The Morgan fingerprint density at radius 2 is 1.80 bits per heavy atom. The second-order valence-electron chi connectivity index (χ2n) is 7.50. The minimum Gasteiger partial charge on any atom is -0.349 e. The second kappa shape index (κ2) is 9.02. The maximum Gasteiger partial charge on any atom is 0.251 e. The van der Waals surface area contributed by atoms with Gasteiger partial charge in [0.1, 0.15) is 0 Å². The van der Waals surface area contributed by atoms with Gasteiger partial charge in [0.05, 0.1) is 5.02 Å². The molecule has 2 aromatic carbocycles. The zero-order valence-corrected chi connectivity index (χ0v) is 18.3. The summed E-state index contributed by atoms with van der Waals surface area (Å²) in [6, 6.07) is 15.6. The van der Waals surface area contributed by atoms with Crippen molar-refractivity contribution in [2.24, 2.45) is 0 Å². The first kappa shape index (κ1) is 20.6. The number of likely N-dealkylation sites (tertiary alicyclic amines) is 1. The fourth-order valence-electron chi connectivity index (χ4n) is 3.73. The van der Waals surface area contributed by atoms with Crippen LogP contribution in [-0.2, 0) is 4.79 Å². The van der Waals surface area contributed by atoms with Gasteiger partial charge in [0, 0.05) is 45.7 Å². The summed E-state index contributed by atoms with van der Waals surface area (Å²) in [5, 5.41) is 4.81. The molecule has 0 bridgehead atoms. The van der Waals surface area contributed by atoms with Crippen LogP contribution in [-0.4, -0.2) is 35.8 Å². The van der Waals surface area contributed by atoms with Crippen molar-refractivity contribution in [2.75, 3.05) is 13.1 Å². The van der Waals surface area contributed by atoms with Crippen molar-refractivity contribution in [3.8, 4) is 0 Å². The molecule has 0 unspecified atom stereocenters. The van der Waals surface area contributed by atoms with E-state index in [1.807, 2.05) is 60.4 Å². The van der Waals surface area contributed by atoms with Crippen molar-refractivity contribution in [3.05, 3.63) is 75.6 Å². The molecule has 4 rings (SSSR count). The van der Waals surface area contributed by atoms with E-state index in [1.54, 1.807) is 23.5 Å². The van der Waals surface area contributed by atoms with Gasteiger partial charge in [-0.05, 0) is 43.5 Å². The van der Waals surface area contributed by atoms with Crippen molar-refractivity contribution in [2.45, 2.75) is 25.8 Å². The smallest absolute Gasteiger partial charge is 0.251 e. The first-order chi connectivity index (χ1) is 14.5. The second-order valence-corrected chi connectivity index (χ2v) is 8.96. The number of hydrogen-bond acceptors (Lipinski definition) is 3. The molecule has 6 heteroatoms. The number of rotatable bonds is 4. The molecule has 0 saturated carbocycles. The number of nitrogens with one attached hydrogen (secondary N) is 1. The zero-order valence-electron chi connectivity index (χ0n) is 16.7. The number of amides is 2. The Morgan fingerprint density at radius 3 is 2.53 bits per heavy atom. The SMILES string of the molecule is Cc1ccccc1C(=O)NC1CCN(C(=O)/C=C/c2sc3ccccc3c2Cl)CC1. The van der Waals surface area contributed by atoms with E-state index < -0.39 is 0 Å². The van der Waals surface area contributed by atoms with Gasteiger partial charge >= 0.3 is 0 Å². The number of carbonyl (C=O) groups excluding carboxylic acids is 2. The van der Waals surface area contributed by atoms with Crippen LogP contribution in [0.1, 0.15) is 33.6 Å². The summed E-state index contributed by atoms with van der Waals surface area (Å²) in [5.41, 5.74) is 1.67. The number of benzene rings is 2. The third-order valence-corrected chi connectivity index (χ3v) is 7.12. The molecule has 1 aromatic heterocycles. The van der Waals surface area contributed by atoms with Crippen LogP contribution in [0.15, 0.2) is 54.6 Å². The van der Waals surface area contributed by atoms with Gasteiger partial charge in [-0.15, -0.1) is 11.3 Å². The molecule has 4 nitrogen and oxygen atoms in total. The number of halogens is 1. The first-order valence-electron chi connectivity index (χ1n) is 10.0. The molecule has 2 heterocycles. The monoisotopic (exact) mass is 438 g/mol. The number of hydrogen-bond donors (Lipinski definition) is 1. The Hall–Kier alpha value is -2.63. The first-order valence-corrected chi connectivity index (χ1v) is 11.2. The van der Waals surface area contributed by atoms with Crippen molar-refractivity contribution < 1.29 is 9.59 Å². The number of fused-ring (bicyclic) bond motifs is 1. The van der Waals surface area contributed by atoms with E-state index in [4.69, 9.17) is 11.6 Å². The topological polar surface area (TPSA) is 49.4 Å². The van der Waals surface area contributed by atoms with E-state index in [0.29, 0.717) is 23.7 Å². The normalized spacial score (nSPS) is 15.1. The molecular formula is C24H23ClN2O2S. The third-order valence-electron chi connectivity index (χ3n) is 5.47. The molecule has 3 aromatic rings. The lowest BCUT2D eigenvalue weighted by Gasteiger charge is -2.31. The quantitative estimate of drug-likeness (QED) is 0.562. The highest BCUT2D eigenvalue weighted by atomic mass is 35.5. The Bertz CT molecular complexity index is 1110. The summed E-state index contributed by atoms with van der Waals surface area (Å²) >= 11 is 8.03. The Morgan fingerprint density at radius 1 is 1.10 bits per heavy atom. The highest BCUT2D eigenvalue weighted by Crippen LogP contribution is 2.35. The minimum absolute atomic E-state index is 0.0211. The third kappa shape index (κ3) is 4.42. The molecular weight excluding hydrogens is 416 g/mol. The lowest BCUT2D eigenvalue weighted by atomic mass is 10.0. The zero-order chi connectivity index (χ0) is 21.1. The molecule has 154 valence electrons. The van der Waals surface area contributed by atoms with Crippen LogP contribution >= 0.6 is 22.9 Å². The van der Waals surface area contributed by atoms with Gasteiger partial charge in [-0.2, -0.15) is 0 Å². The van der Waals surface area contributed by atoms with E-state index in [2.05, 4.69) is 5.32 Å². The van der Waals surface area contributed by atoms with Gasteiger partial charge in [0.25, 0.3) is 5.91 Å². The number of piperidine rings is 1. The van der Waals surface area contributed by atoms with Crippen molar-refractivity contribution in [3.63, 3.8) is 0 Å². The predicted molar refractivity (Wildman–Crippen MR) is 124 cm³/mol. The van der Waals surface area contributed by atoms with E-state index >= 15 is 0 Å². The van der Waals surface area contributed by atoms with Crippen LogP contribution in [0.25, 0.3) is 16.2 Å². The Balaban J connectivity index is 1.33. The maximum atomic E-state index is 12.6. The lowest BCUT2D eigenvalue weighted by Crippen LogP contribution is -2.46. The van der Waals surface area contributed by atoms with Crippen molar-refractivity contribution >= 4 is 50.9 Å². The molecule has 1 aliphatic heterocycles. The summed E-state index contributed by atoms with van der Waals surface area (Å²) in [7, 11) is 0. The molecule has 0 radical (unpaired) electrons. The minimum atomic E-state index is -0.0443. The fourth-order valence-corrected chi connectivity index (χ4v) is 5.13. The molecule has 30 heavy (non-hydrogen) atoms. The largest absolute Gasteiger partial charge is 0.349 e. The highest BCUT2D eigenvalue weighted by Gasteiger charge is 2.23. The van der Waals surface area contributed by atoms with Gasteiger partial charge in [-0.3, -0.25) is 9.59 Å². The lowest BCUT2D eigenvalue weighted by molar-refractivity contribution is -0.126. The molecule has 1 aliphatic rings. The van der Waals surface area contributed by atoms with Gasteiger partial charge < -0.3 is 10.2 Å². The van der Waals surface area contributed by atoms with Gasteiger partial charge in [0.2, 0.25) is 5.91 Å². The maximum absolute atomic E-state index is 12.6. The van der Waals surface area contributed by atoms with Gasteiger partial charge in [0.15, 0.2) is 0 Å². The van der Waals surface area contributed by atoms with Crippen molar-refractivity contribution in [1.29, 1.82) is 0 Å². The number of carbonyl (C=O) groups is 2. The van der Waals surface area contributed by atoms with Crippen LogP contribution in [0.5, 0.6) is 0 Å². The molecule has 1 N–H and O–H groups in total. The van der Waals surface area contributed by atoms with Gasteiger partial charge in [-0.25, -0.2) is 0 Å². The van der Waals surface area contributed by atoms with E-state index in [9.17, 15) is 9.59 Å². The van der Waals surface area contributed by atoms with Crippen molar-refractivity contribution in [1.82, 2.24) is 10.2 Å². The van der Waals surface area contributed by atoms with Crippen LogP contribution in [0, 0.1) is 6.92 Å². The molecule has 2 amide bonds. The van der Waals surface area contributed by atoms with Crippen LogP contribution in [0.2, 0.25) is 5.02 Å². The Kier molecular flexibility index (Phi) is 6.21. The van der Waals surface area contributed by atoms with E-state index in [-0.39, 0.29) is 17.9 Å². The van der Waals surface area contributed by atoms with E-state index in [1.165, 1.54) is 0 Å². The number of thiophene rings is 1. The fraction of sp³-hybridized carbons (Fsp3) is 0.250. The standard InChI is InChI=1S/C24H23ClN2O2S/c1-16-6-2-3-7-18(16)24(29)26-17-12-14-27(15-13-17)22(28)11-10-21-23(25)19-8-4-5-9-20(19)30-21/h2-11,17H,12-15H2,1H3,(H,26,29)/b11-10+. The highest BCUT2D eigenvalue weighted by molar-refractivity contribution is 7.20. The summed E-state index contributed by atoms with van der Waals surface area (Å²) in [4.78, 5) is 27.8. The average Bonchev–Trinajstić information content (AvgIpc) is 3.08. The summed E-state index contributed by atoms with van der Waals surface area (Å²) in [6.07, 6.45) is 4.91. The van der Waals surface area contributed by atoms with Gasteiger partial charge in [-0.1, -0.05) is 48.0 Å². The molecule has 0 atom stereocenters. The average molecular weight is 439 g/mol. The van der Waals surface area contributed by atoms with Crippen LogP contribution in [0.3, 0.4) is 0 Å². The van der Waals surface area contributed by atoms with Crippen LogP contribution in [0.4, 0.5) is 0 Å². The Labute approximate surface area is 185 Å². The predicted octanol–water partition coefficient (Wildman–Crippen LogP) is 5.30. The molecule has 1 saturated heterocycles. The van der Waals surface area contributed by atoms with Crippen LogP contribution < -0.4 is 5.32 Å². The molecule has 1 fully saturated rings. The molecule has 0 aliphatic carbocycles. The summed E-state index contributed by atoms with van der Waals surface area (Å²) in [6.45, 7) is 3.19. The summed E-state index contributed by atoms with van der Waals surface area (Å²) in [5.74, 6) is -0.0654. The number of aryl methyl sites for hydroxylation is 1. The van der Waals surface area contributed by atoms with E-state index in [0.717, 1.165) is 33.4 Å². The number of nitrogens with zero attached hydrogens (tertiary/aromatic N) is 1.